The molecule has 3 rings (SSSR count). The summed E-state index contributed by atoms with van der Waals surface area (Å²) in [6.45, 7) is 0. The number of hydrogen-bond donors (Lipinski definition) is 0. The normalized spacial score (nSPS) is 10.3. The zero-order valence-corrected chi connectivity index (χ0v) is 10.5. The second-order valence-electron chi connectivity index (χ2n) is 3.94. The third kappa shape index (κ3) is 2.02. The number of rotatable bonds is 1. The van der Waals surface area contributed by atoms with E-state index in [9.17, 15) is 4.79 Å². The lowest BCUT2D eigenvalue weighted by atomic mass is 10.2. The molecule has 0 amide bonds. The maximum Gasteiger partial charge on any atom is 0.384 e. The molecule has 0 aliphatic carbocycles. The molecule has 0 saturated carbocycles. The van der Waals surface area contributed by atoms with Crippen molar-refractivity contribution in [2.75, 3.05) is 0 Å². The van der Waals surface area contributed by atoms with Gasteiger partial charge in [-0.25, -0.2) is 9.36 Å². The van der Waals surface area contributed by atoms with Crippen molar-refractivity contribution >= 4 is 11.0 Å². The van der Waals surface area contributed by atoms with E-state index in [0.717, 1.165) is 5.39 Å². The lowest BCUT2D eigenvalue weighted by Gasteiger charge is -1.97. The molecule has 0 bridgehead atoms. The molecule has 3 aromatic rings. The van der Waals surface area contributed by atoms with Crippen molar-refractivity contribution in [2.24, 2.45) is 7.05 Å². The van der Waals surface area contributed by atoms with E-state index in [0.29, 0.717) is 11.3 Å². The number of para-hydroxylation sites is 1. The molecule has 1 aromatic carbocycles. The van der Waals surface area contributed by atoms with E-state index >= 15 is 0 Å². The Labute approximate surface area is 110 Å². The molecule has 0 saturated heterocycles. The molecule has 0 fully saturated rings. The average molecular weight is 263 g/mol. The van der Waals surface area contributed by atoms with Gasteiger partial charge in [-0.2, -0.15) is 4.57 Å². The average Bonchev–Trinajstić information content (AvgIpc) is 2.75. The van der Waals surface area contributed by atoms with Crippen LogP contribution in [0.15, 0.2) is 58.3 Å². The van der Waals surface area contributed by atoms with Gasteiger partial charge in [-0.05, 0) is 6.07 Å². The minimum absolute atomic E-state index is 0. The first-order valence-corrected chi connectivity index (χ1v) is 5.30. The first-order valence-electron chi connectivity index (χ1n) is 5.30. The summed E-state index contributed by atoms with van der Waals surface area (Å²) >= 11 is 0. The number of aromatic nitrogens is 2. The Balaban J connectivity index is 0.00000120. The smallest absolute Gasteiger partial charge is 0.384 e. The Kier molecular flexibility index (Phi) is 3.21. The summed E-state index contributed by atoms with van der Waals surface area (Å²) in [5, 5.41) is 0.915. The third-order valence-electron chi connectivity index (χ3n) is 2.67. The molecular formula is C13H11ClN2O2. The molecule has 5 heteroatoms. The molecular weight excluding hydrogens is 252 g/mol. The summed E-state index contributed by atoms with van der Waals surface area (Å²) in [4.78, 5) is 11.8. The summed E-state index contributed by atoms with van der Waals surface area (Å²) in [6, 6.07) is 9.31. The topological polar surface area (TPSA) is 39.0 Å². The standard InChI is InChI=1S/C13H11N2O2.ClH/c1-14-6-7-15(9-14)11-8-10-4-2-3-5-12(10)17-13(11)16;/h2-9H,1H3;1H/q+1;/p-1. The van der Waals surface area contributed by atoms with Gasteiger partial charge in [0.15, 0.2) is 0 Å². The highest BCUT2D eigenvalue weighted by atomic mass is 35.5. The molecule has 0 spiro atoms. The summed E-state index contributed by atoms with van der Waals surface area (Å²) in [5.74, 6) is 0. The van der Waals surface area contributed by atoms with E-state index in [4.69, 9.17) is 4.42 Å². The number of benzene rings is 1. The van der Waals surface area contributed by atoms with Gasteiger partial charge in [0, 0.05) is 11.5 Å². The molecule has 0 N–H and O–H groups in total. The number of imidazole rings is 1. The molecule has 92 valence electrons. The number of hydrogen-bond acceptors (Lipinski definition) is 2. The van der Waals surface area contributed by atoms with Crippen LogP contribution in [0.5, 0.6) is 0 Å². The largest absolute Gasteiger partial charge is 1.00 e. The van der Waals surface area contributed by atoms with Crippen LogP contribution in [0.4, 0.5) is 0 Å². The first-order chi connectivity index (χ1) is 8.24. The molecule has 4 nitrogen and oxygen atoms in total. The summed E-state index contributed by atoms with van der Waals surface area (Å²) in [5.41, 5.74) is 0.794. The van der Waals surface area contributed by atoms with Crippen molar-refractivity contribution in [1.29, 1.82) is 0 Å². The van der Waals surface area contributed by atoms with Crippen molar-refractivity contribution in [3.05, 3.63) is 59.5 Å². The van der Waals surface area contributed by atoms with Crippen LogP contribution in [0.25, 0.3) is 16.7 Å². The van der Waals surface area contributed by atoms with Crippen LogP contribution in [-0.2, 0) is 7.05 Å². The molecule has 18 heavy (non-hydrogen) atoms. The van der Waals surface area contributed by atoms with Crippen molar-refractivity contribution in [3.63, 3.8) is 0 Å². The van der Waals surface area contributed by atoms with Crippen molar-refractivity contribution in [2.45, 2.75) is 0 Å². The van der Waals surface area contributed by atoms with Gasteiger partial charge in [0.25, 0.3) is 0 Å². The van der Waals surface area contributed by atoms with E-state index in [1.54, 1.807) is 10.6 Å². The summed E-state index contributed by atoms with van der Waals surface area (Å²) in [7, 11) is 1.90. The van der Waals surface area contributed by atoms with E-state index in [1.165, 1.54) is 0 Å². The van der Waals surface area contributed by atoms with E-state index in [1.807, 2.05) is 54.6 Å². The Morgan fingerprint density at radius 3 is 2.78 bits per heavy atom. The lowest BCUT2D eigenvalue weighted by Crippen LogP contribution is -3.00. The van der Waals surface area contributed by atoms with Crippen molar-refractivity contribution in [3.8, 4) is 5.69 Å². The highest BCUT2D eigenvalue weighted by Gasteiger charge is 2.11. The van der Waals surface area contributed by atoms with Crippen LogP contribution in [0.1, 0.15) is 0 Å². The fraction of sp³-hybridized carbons (Fsp3) is 0.0769. The van der Waals surface area contributed by atoms with Crippen molar-refractivity contribution in [1.82, 2.24) is 4.57 Å². The Bertz CT molecular complexity index is 746. The van der Waals surface area contributed by atoms with E-state index in [2.05, 4.69) is 0 Å². The van der Waals surface area contributed by atoms with Crippen molar-refractivity contribution < 1.29 is 21.4 Å². The maximum atomic E-state index is 11.8. The molecule has 2 aromatic heterocycles. The predicted molar refractivity (Wildman–Crippen MR) is 63.0 cm³/mol. The van der Waals surface area contributed by atoms with Gasteiger partial charge >= 0.3 is 5.63 Å². The fourth-order valence-corrected chi connectivity index (χ4v) is 1.82. The Morgan fingerprint density at radius 2 is 2.06 bits per heavy atom. The van der Waals surface area contributed by atoms with Crippen LogP contribution < -0.4 is 22.6 Å². The maximum absolute atomic E-state index is 11.8. The summed E-state index contributed by atoms with van der Waals surface area (Å²) < 4.78 is 8.89. The van der Waals surface area contributed by atoms with Gasteiger partial charge < -0.3 is 16.8 Å². The molecule has 2 heterocycles. The number of aryl methyl sites for hydroxylation is 1. The zero-order valence-electron chi connectivity index (χ0n) is 9.71. The molecule has 0 radical (unpaired) electrons. The monoisotopic (exact) mass is 262 g/mol. The number of nitrogens with zero attached hydrogens (tertiary/aromatic N) is 2. The SMILES string of the molecule is C[n+]1ccn(-c2cc3ccccc3oc2=O)c1.[Cl-]. The van der Waals surface area contributed by atoms with Gasteiger partial charge in [-0.3, -0.25) is 0 Å². The third-order valence-corrected chi connectivity index (χ3v) is 2.67. The number of halogens is 1. The number of fused-ring (bicyclic) bond motifs is 1. The lowest BCUT2D eigenvalue weighted by molar-refractivity contribution is -0.670. The van der Waals surface area contributed by atoms with Gasteiger partial charge in [0.05, 0.1) is 7.05 Å². The molecule has 0 atom stereocenters. The Hall–Kier alpha value is -2.07. The Morgan fingerprint density at radius 1 is 1.28 bits per heavy atom. The zero-order chi connectivity index (χ0) is 11.8. The fourth-order valence-electron chi connectivity index (χ4n) is 1.82. The van der Waals surface area contributed by atoms with E-state index < -0.39 is 0 Å². The second-order valence-corrected chi connectivity index (χ2v) is 3.94. The van der Waals surface area contributed by atoms with Crippen LogP contribution in [-0.4, -0.2) is 4.57 Å². The van der Waals surface area contributed by atoms with E-state index in [-0.39, 0.29) is 18.0 Å². The van der Waals surface area contributed by atoms with Crippen LogP contribution in [0, 0.1) is 0 Å². The molecule has 0 aliphatic heterocycles. The first kappa shape index (κ1) is 12.4. The predicted octanol–water partition coefficient (Wildman–Crippen LogP) is -1.59. The summed E-state index contributed by atoms with van der Waals surface area (Å²) in [6.07, 6.45) is 5.51. The highest BCUT2D eigenvalue weighted by molar-refractivity contribution is 5.77. The second kappa shape index (κ2) is 4.66. The minimum Gasteiger partial charge on any atom is -1.00 e. The van der Waals surface area contributed by atoms with Gasteiger partial charge in [-0.15, -0.1) is 0 Å². The van der Waals surface area contributed by atoms with Crippen LogP contribution in [0.3, 0.4) is 0 Å². The molecule has 0 aliphatic rings. The van der Waals surface area contributed by atoms with Gasteiger partial charge in [-0.1, -0.05) is 18.2 Å². The van der Waals surface area contributed by atoms with Crippen LogP contribution in [0.2, 0.25) is 0 Å². The van der Waals surface area contributed by atoms with Gasteiger partial charge in [0.2, 0.25) is 12.0 Å². The molecule has 0 unspecified atom stereocenters. The minimum atomic E-state index is -0.333. The van der Waals surface area contributed by atoms with Crippen LogP contribution >= 0.6 is 0 Å². The highest BCUT2D eigenvalue weighted by Crippen LogP contribution is 2.14. The van der Waals surface area contributed by atoms with Gasteiger partial charge in [0.1, 0.15) is 18.0 Å². The quantitative estimate of drug-likeness (QED) is 0.392.